The molecule has 0 nitrogen and oxygen atoms in total. The van der Waals surface area contributed by atoms with Crippen molar-refractivity contribution in [1.29, 1.82) is 0 Å². The second-order valence-electron chi connectivity index (χ2n) is 6.44. The summed E-state index contributed by atoms with van der Waals surface area (Å²) in [5.74, 6) is 1.30. The molecule has 2 atom stereocenters. The molecule has 0 N–H and O–H groups in total. The van der Waals surface area contributed by atoms with Crippen LogP contribution in [0.3, 0.4) is 0 Å². The molecule has 0 spiro atoms. The number of benzene rings is 1. The van der Waals surface area contributed by atoms with E-state index in [1.54, 1.807) is 11.6 Å². The maximum Gasteiger partial charge on any atom is 0.00584 e. The molecule has 1 aliphatic carbocycles. The van der Waals surface area contributed by atoms with Crippen LogP contribution in [0.15, 0.2) is 78.9 Å². The van der Waals surface area contributed by atoms with Crippen LogP contribution >= 0.6 is 0 Å². The third-order valence-corrected chi connectivity index (χ3v) is 4.09. The van der Waals surface area contributed by atoms with Crippen molar-refractivity contribution in [2.45, 2.75) is 80.1 Å². The summed E-state index contributed by atoms with van der Waals surface area (Å²) in [6, 6.07) is 10.8. The second kappa shape index (κ2) is 20.5. The van der Waals surface area contributed by atoms with Crippen LogP contribution in [0.5, 0.6) is 0 Å². The van der Waals surface area contributed by atoms with Gasteiger partial charge in [0.2, 0.25) is 0 Å². The van der Waals surface area contributed by atoms with Crippen molar-refractivity contribution in [2.24, 2.45) is 5.92 Å². The Labute approximate surface area is 170 Å². The van der Waals surface area contributed by atoms with E-state index in [9.17, 15) is 0 Å². The topological polar surface area (TPSA) is 0 Å². The van der Waals surface area contributed by atoms with Crippen LogP contribution < -0.4 is 0 Å². The van der Waals surface area contributed by atoms with Gasteiger partial charge in [-0.15, -0.1) is 0 Å². The lowest BCUT2D eigenvalue weighted by atomic mass is 9.83. The third-order valence-electron chi connectivity index (χ3n) is 4.09. The minimum atomic E-state index is 0.579. The van der Waals surface area contributed by atoms with Gasteiger partial charge in [-0.2, -0.15) is 0 Å². The highest BCUT2D eigenvalue weighted by molar-refractivity contribution is 5.32. The summed E-state index contributed by atoms with van der Waals surface area (Å²) < 4.78 is 0. The van der Waals surface area contributed by atoms with Crippen LogP contribution in [-0.4, -0.2) is 0 Å². The van der Waals surface area contributed by atoms with E-state index in [1.807, 2.05) is 19.9 Å². The molecule has 27 heavy (non-hydrogen) atoms. The Morgan fingerprint density at radius 3 is 2.11 bits per heavy atom. The quantitative estimate of drug-likeness (QED) is 0.454. The lowest BCUT2D eigenvalue weighted by Crippen LogP contribution is -2.06. The second-order valence-corrected chi connectivity index (χ2v) is 6.44. The molecule has 1 aliphatic rings. The first-order chi connectivity index (χ1) is 13.1. The first-order valence-electron chi connectivity index (χ1n) is 10.8. The average Bonchev–Trinajstić information content (AvgIpc) is 2.75. The van der Waals surface area contributed by atoms with Crippen molar-refractivity contribution in [3.05, 3.63) is 84.5 Å². The van der Waals surface area contributed by atoms with Gasteiger partial charge in [0.15, 0.2) is 0 Å². The zero-order valence-electron chi connectivity index (χ0n) is 19.0. The van der Waals surface area contributed by atoms with E-state index in [0.717, 1.165) is 12.3 Å². The van der Waals surface area contributed by atoms with Crippen molar-refractivity contribution < 1.29 is 0 Å². The summed E-state index contributed by atoms with van der Waals surface area (Å²) in [6.45, 7) is 18.5. The fraction of sp³-hybridized carbons (Fsp3) is 0.481. The predicted molar refractivity (Wildman–Crippen MR) is 127 cm³/mol. The SMILES string of the molecule is C=C/C=C\CC.CC.CCC.CCC(C)C1=CC=CC(c2ccccc2)C1. The predicted octanol–water partition coefficient (Wildman–Crippen LogP) is 9.28. The minimum Gasteiger partial charge on any atom is -0.0991 e. The Morgan fingerprint density at radius 2 is 1.67 bits per heavy atom. The van der Waals surface area contributed by atoms with E-state index in [2.05, 4.69) is 95.8 Å². The van der Waals surface area contributed by atoms with Crippen LogP contribution in [-0.2, 0) is 0 Å². The number of hydrogen-bond acceptors (Lipinski definition) is 0. The van der Waals surface area contributed by atoms with Crippen molar-refractivity contribution in [1.82, 2.24) is 0 Å². The van der Waals surface area contributed by atoms with E-state index < -0.39 is 0 Å². The monoisotopic (exact) mass is 368 g/mol. The first kappa shape index (κ1) is 27.4. The van der Waals surface area contributed by atoms with Crippen molar-refractivity contribution in [2.75, 3.05) is 0 Å². The highest BCUT2D eigenvalue weighted by atomic mass is 14.2. The van der Waals surface area contributed by atoms with Gasteiger partial charge in [-0.3, -0.25) is 0 Å². The molecule has 0 amide bonds. The molecule has 152 valence electrons. The van der Waals surface area contributed by atoms with Crippen molar-refractivity contribution in [3.63, 3.8) is 0 Å². The highest BCUT2D eigenvalue weighted by Gasteiger charge is 2.16. The molecule has 0 aliphatic heterocycles. The molecule has 0 radical (unpaired) electrons. The summed E-state index contributed by atoms with van der Waals surface area (Å²) in [5.41, 5.74) is 3.03. The molecule has 1 aromatic carbocycles. The van der Waals surface area contributed by atoms with Gasteiger partial charge in [0, 0.05) is 5.92 Å². The zero-order chi connectivity index (χ0) is 20.9. The van der Waals surface area contributed by atoms with Crippen LogP contribution in [0, 0.1) is 5.92 Å². The molecular weight excluding hydrogens is 324 g/mol. The van der Waals surface area contributed by atoms with Gasteiger partial charge in [0.1, 0.15) is 0 Å². The Bertz CT molecular complexity index is 516. The molecule has 0 bridgehead atoms. The Hall–Kier alpha value is -1.82. The van der Waals surface area contributed by atoms with Gasteiger partial charge in [0.25, 0.3) is 0 Å². The van der Waals surface area contributed by atoms with Crippen LogP contribution in [0.25, 0.3) is 0 Å². The standard InChI is InChI=1S/C16H20.C6H10.C3H8.C2H6/c1-3-13(2)15-10-7-11-16(12-15)14-8-5-4-6-9-14;1-3-5-6-4-2;1-3-2;1-2/h4-11,13,16H,3,12H2,1-2H3;3,5-6H,1,4H2,2H3;3H2,1-2H3;1-2H3/b;6-5-;;. The zero-order valence-corrected chi connectivity index (χ0v) is 19.0. The van der Waals surface area contributed by atoms with Gasteiger partial charge >= 0.3 is 0 Å². The average molecular weight is 369 g/mol. The normalized spacial score (nSPS) is 15.8. The minimum absolute atomic E-state index is 0.579. The molecular formula is C27H44. The highest BCUT2D eigenvalue weighted by Crippen LogP contribution is 2.32. The Kier molecular flexibility index (Phi) is 20.8. The molecule has 0 saturated carbocycles. The number of hydrogen-bond donors (Lipinski definition) is 0. The maximum atomic E-state index is 3.51. The largest absolute Gasteiger partial charge is 0.0991 e. The van der Waals surface area contributed by atoms with E-state index in [1.165, 1.54) is 24.8 Å². The molecule has 0 fully saturated rings. The lowest BCUT2D eigenvalue weighted by Gasteiger charge is -2.22. The Balaban J connectivity index is 0. The van der Waals surface area contributed by atoms with Gasteiger partial charge in [0.05, 0.1) is 0 Å². The summed E-state index contributed by atoms with van der Waals surface area (Å²) in [4.78, 5) is 0. The molecule has 0 heteroatoms. The van der Waals surface area contributed by atoms with Gasteiger partial charge in [-0.25, -0.2) is 0 Å². The fourth-order valence-corrected chi connectivity index (χ4v) is 2.49. The van der Waals surface area contributed by atoms with Gasteiger partial charge in [-0.05, 0) is 30.7 Å². The molecule has 2 unspecified atom stereocenters. The van der Waals surface area contributed by atoms with Crippen LogP contribution in [0.4, 0.5) is 0 Å². The third kappa shape index (κ3) is 14.0. The van der Waals surface area contributed by atoms with Crippen LogP contribution in [0.2, 0.25) is 0 Å². The summed E-state index contributed by atoms with van der Waals surface area (Å²) >= 11 is 0. The summed E-state index contributed by atoms with van der Waals surface area (Å²) in [5, 5.41) is 0. The first-order valence-corrected chi connectivity index (χ1v) is 10.8. The molecule has 0 aromatic heterocycles. The summed E-state index contributed by atoms with van der Waals surface area (Å²) in [6.07, 6.45) is 17.4. The fourth-order valence-electron chi connectivity index (χ4n) is 2.49. The Morgan fingerprint density at radius 1 is 1.07 bits per heavy atom. The molecule has 1 aromatic rings. The lowest BCUT2D eigenvalue weighted by molar-refractivity contribution is 0.603. The van der Waals surface area contributed by atoms with E-state index >= 15 is 0 Å². The smallest absolute Gasteiger partial charge is 0.00584 e. The molecule has 0 heterocycles. The van der Waals surface area contributed by atoms with E-state index in [-0.39, 0.29) is 0 Å². The van der Waals surface area contributed by atoms with E-state index in [4.69, 9.17) is 0 Å². The number of allylic oxidation sites excluding steroid dienone is 7. The molecule has 2 rings (SSSR count). The molecule has 0 saturated heterocycles. The van der Waals surface area contributed by atoms with Crippen molar-refractivity contribution in [3.8, 4) is 0 Å². The summed E-state index contributed by atoms with van der Waals surface area (Å²) in [7, 11) is 0. The van der Waals surface area contributed by atoms with Crippen LogP contribution in [0.1, 0.15) is 85.6 Å². The number of rotatable bonds is 5. The van der Waals surface area contributed by atoms with Crippen molar-refractivity contribution >= 4 is 0 Å². The van der Waals surface area contributed by atoms with Gasteiger partial charge in [-0.1, -0.05) is 134 Å². The van der Waals surface area contributed by atoms with E-state index in [0.29, 0.717) is 5.92 Å². The van der Waals surface area contributed by atoms with Gasteiger partial charge < -0.3 is 0 Å². The maximum absolute atomic E-state index is 3.51.